The van der Waals surface area contributed by atoms with Gasteiger partial charge in [0.25, 0.3) is 0 Å². The fourth-order valence-electron chi connectivity index (χ4n) is 3.72. The molecule has 2 aliphatic heterocycles. The van der Waals surface area contributed by atoms with Crippen LogP contribution in [0.5, 0.6) is 11.5 Å². The van der Waals surface area contributed by atoms with Gasteiger partial charge in [-0.15, -0.1) is 0 Å². The molecule has 1 unspecified atom stereocenters. The maximum absolute atomic E-state index is 13.3. The number of amides is 2. The number of carbonyl (C=O) groups is 2. The molecule has 1 atom stereocenters. The minimum atomic E-state index is -0.627. The van der Waals surface area contributed by atoms with Gasteiger partial charge in [-0.1, -0.05) is 53.7 Å². The summed E-state index contributed by atoms with van der Waals surface area (Å²) >= 11 is 7.47. The number of halogens is 1. The molecule has 5 rings (SSSR count). The molecule has 0 saturated carbocycles. The molecule has 9 heteroatoms. The summed E-state index contributed by atoms with van der Waals surface area (Å²) in [5.74, 6) is 0.874. The van der Waals surface area contributed by atoms with Crippen LogP contribution in [0.3, 0.4) is 0 Å². The number of benzene rings is 3. The lowest BCUT2D eigenvalue weighted by Gasteiger charge is -2.32. The van der Waals surface area contributed by atoms with Gasteiger partial charge in [0.15, 0.2) is 16.7 Å². The number of hydrogen-bond donors (Lipinski definition) is 1. The molecule has 3 aromatic rings. The van der Waals surface area contributed by atoms with Crippen molar-refractivity contribution in [3.8, 4) is 11.5 Å². The molecule has 178 valence electrons. The van der Waals surface area contributed by atoms with Crippen LogP contribution in [0.25, 0.3) is 0 Å². The Bertz CT molecular complexity index is 1320. The first-order valence-electron chi connectivity index (χ1n) is 11.0. The molecule has 2 aliphatic rings. The molecule has 3 aromatic carbocycles. The summed E-state index contributed by atoms with van der Waals surface area (Å²) in [6.07, 6.45) is 0.0501. The Hall–Kier alpha value is -3.49. The summed E-state index contributed by atoms with van der Waals surface area (Å²) in [6.45, 7) is 2.38. The Labute approximate surface area is 212 Å². The van der Waals surface area contributed by atoms with Gasteiger partial charge in [0.1, 0.15) is 5.25 Å². The number of rotatable bonds is 5. The van der Waals surface area contributed by atoms with Crippen LogP contribution in [0.15, 0.2) is 71.7 Å². The molecular formula is C26H22ClN3O4S. The normalized spacial score (nSPS) is 18.1. The van der Waals surface area contributed by atoms with Crippen LogP contribution in [0.2, 0.25) is 5.02 Å². The summed E-state index contributed by atoms with van der Waals surface area (Å²) < 4.78 is 10.9. The van der Waals surface area contributed by atoms with Crippen LogP contribution in [0.1, 0.15) is 17.5 Å². The molecular weight excluding hydrogens is 486 g/mol. The maximum atomic E-state index is 13.3. The number of hydrogen-bond acceptors (Lipinski definition) is 6. The van der Waals surface area contributed by atoms with Crippen LogP contribution < -0.4 is 14.8 Å². The second-order valence-electron chi connectivity index (χ2n) is 8.16. The van der Waals surface area contributed by atoms with E-state index in [9.17, 15) is 9.59 Å². The third-order valence-electron chi connectivity index (χ3n) is 5.63. The standard InChI is InChI=1S/C26H22ClN3O4S/c1-16-7-9-19(12-20(16)27)28-25(32)23-13-24(31)30(26(35-23)29-18-5-3-2-4-6-18)14-17-8-10-21-22(11-17)34-15-33-21/h2-12,23H,13-15H2,1H3,(H,28,32). The smallest absolute Gasteiger partial charge is 0.238 e. The molecule has 7 nitrogen and oxygen atoms in total. The van der Waals surface area contributed by atoms with Crippen molar-refractivity contribution in [1.82, 2.24) is 4.90 Å². The van der Waals surface area contributed by atoms with E-state index in [-0.39, 0.29) is 25.0 Å². The first-order chi connectivity index (χ1) is 17.0. The van der Waals surface area contributed by atoms with E-state index in [2.05, 4.69) is 5.32 Å². The van der Waals surface area contributed by atoms with Gasteiger partial charge in [0.05, 0.1) is 12.2 Å². The van der Waals surface area contributed by atoms with E-state index in [1.54, 1.807) is 17.0 Å². The third-order valence-corrected chi connectivity index (χ3v) is 7.23. The van der Waals surface area contributed by atoms with Crippen molar-refractivity contribution in [1.29, 1.82) is 0 Å². The Morgan fingerprint density at radius 3 is 2.71 bits per heavy atom. The van der Waals surface area contributed by atoms with Gasteiger partial charge in [0.2, 0.25) is 18.6 Å². The number of thioether (sulfide) groups is 1. The molecule has 1 saturated heterocycles. The van der Waals surface area contributed by atoms with E-state index in [1.165, 1.54) is 11.8 Å². The molecule has 0 radical (unpaired) electrons. The number of ether oxygens (including phenoxy) is 2. The molecule has 1 fully saturated rings. The van der Waals surface area contributed by atoms with E-state index < -0.39 is 5.25 Å². The summed E-state index contributed by atoms with van der Waals surface area (Å²) in [6, 6.07) is 20.3. The summed E-state index contributed by atoms with van der Waals surface area (Å²) in [7, 11) is 0. The number of para-hydroxylation sites is 1. The van der Waals surface area contributed by atoms with Gasteiger partial charge in [-0.3, -0.25) is 14.5 Å². The minimum Gasteiger partial charge on any atom is -0.454 e. The molecule has 0 aliphatic carbocycles. The van der Waals surface area contributed by atoms with Gasteiger partial charge < -0.3 is 14.8 Å². The highest BCUT2D eigenvalue weighted by molar-refractivity contribution is 8.15. The van der Waals surface area contributed by atoms with E-state index in [4.69, 9.17) is 26.1 Å². The third kappa shape index (κ3) is 5.28. The number of carbonyl (C=O) groups excluding carboxylic acids is 2. The Kier molecular flexibility index (Phi) is 6.66. The quantitative estimate of drug-likeness (QED) is 0.490. The Morgan fingerprint density at radius 1 is 1.11 bits per heavy atom. The van der Waals surface area contributed by atoms with Crippen molar-refractivity contribution < 1.29 is 19.1 Å². The zero-order valence-electron chi connectivity index (χ0n) is 18.9. The zero-order chi connectivity index (χ0) is 24.4. The first-order valence-corrected chi connectivity index (χ1v) is 12.3. The van der Waals surface area contributed by atoms with Crippen LogP contribution in [0, 0.1) is 6.92 Å². The number of anilines is 1. The molecule has 2 amide bonds. The Morgan fingerprint density at radius 2 is 1.91 bits per heavy atom. The SMILES string of the molecule is Cc1ccc(NC(=O)C2CC(=O)N(Cc3ccc4c(c3)OCO4)C(=Nc3ccccc3)S2)cc1Cl. The van der Waals surface area contributed by atoms with Crippen LogP contribution in [-0.2, 0) is 16.1 Å². The number of aliphatic imine (C=N–C) groups is 1. The largest absolute Gasteiger partial charge is 0.454 e. The molecule has 2 heterocycles. The van der Waals surface area contributed by atoms with Crippen molar-refractivity contribution in [2.75, 3.05) is 12.1 Å². The lowest BCUT2D eigenvalue weighted by molar-refractivity contribution is -0.129. The zero-order valence-corrected chi connectivity index (χ0v) is 20.4. The fraction of sp³-hybridized carbons (Fsp3) is 0.192. The topological polar surface area (TPSA) is 80.2 Å². The number of nitrogens with zero attached hydrogens (tertiary/aromatic N) is 2. The summed E-state index contributed by atoms with van der Waals surface area (Å²) in [5.41, 5.74) is 3.08. The van der Waals surface area contributed by atoms with Crippen LogP contribution >= 0.6 is 23.4 Å². The van der Waals surface area contributed by atoms with E-state index >= 15 is 0 Å². The van der Waals surface area contributed by atoms with Crippen LogP contribution in [0.4, 0.5) is 11.4 Å². The van der Waals surface area contributed by atoms with Gasteiger partial charge in [-0.2, -0.15) is 0 Å². The highest BCUT2D eigenvalue weighted by atomic mass is 35.5. The van der Waals surface area contributed by atoms with Crippen molar-refractivity contribution in [2.45, 2.75) is 25.1 Å². The second-order valence-corrected chi connectivity index (χ2v) is 9.74. The first kappa shape index (κ1) is 23.3. The number of fused-ring (bicyclic) bond motifs is 1. The van der Waals surface area contributed by atoms with Gasteiger partial charge in [0, 0.05) is 17.1 Å². The lowest BCUT2D eigenvalue weighted by Crippen LogP contribution is -2.44. The molecule has 0 aromatic heterocycles. The van der Waals surface area contributed by atoms with Gasteiger partial charge >= 0.3 is 0 Å². The highest BCUT2D eigenvalue weighted by Gasteiger charge is 2.36. The molecule has 0 spiro atoms. The number of nitrogens with one attached hydrogen (secondary N) is 1. The van der Waals surface area contributed by atoms with Gasteiger partial charge in [-0.05, 0) is 54.4 Å². The Balaban J connectivity index is 1.39. The highest BCUT2D eigenvalue weighted by Crippen LogP contribution is 2.35. The average Bonchev–Trinajstić information content (AvgIpc) is 3.32. The van der Waals surface area contributed by atoms with Crippen LogP contribution in [-0.4, -0.2) is 33.9 Å². The van der Waals surface area contributed by atoms with Gasteiger partial charge in [-0.25, -0.2) is 4.99 Å². The number of amidine groups is 1. The predicted octanol–water partition coefficient (Wildman–Crippen LogP) is 5.54. The van der Waals surface area contributed by atoms with E-state index in [0.29, 0.717) is 39.6 Å². The monoisotopic (exact) mass is 507 g/mol. The average molecular weight is 508 g/mol. The van der Waals surface area contributed by atoms with E-state index in [0.717, 1.165) is 11.1 Å². The maximum Gasteiger partial charge on any atom is 0.238 e. The predicted molar refractivity (Wildman–Crippen MR) is 137 cm³/mol. The number of aryl methyl sites for hydroxylation is 1. The lowest BCUT2D eigenvalue weighted by atomic mass is 10.1. The minimum absolute atomic E-state index is 0.0501. The van der Waals surface area contributed by atoms with Crippen molar-refractivity contribution in [3.05, 3.63) is 82.9 Å². The van der Waals surface area contributed by atoms with Crippen molar-refractivity contribution in [2.24, 2.45) is 4.99 Å². The molecule has 35 heavy (non-hydrogen) atoms. The molecule has 1 N–H and O–H groups in total. The summed E-state index contributed by atoms with van der Waals surface area (Å²) in [4.78, 5) is 32.7. The summed E-state index contributed by atoms with van der Waals surface area (Å²) in [5, 5.41) is 3.28. The fourth-order valence-corrected chi connectivity index (χ4v) is 5.00. The van der Waals surface area contributed by atoms with Crippen molar-refractivity contribution >= 4 is 51.7 Å². The van der Waals surface area contributed by atoms with Crippen molar-refractivity contribution in [3.63, 3.8) is 0 Å². The van der Waals surface area contributed by atoms with E-state index in [1.807, 2.05) is 61.5 Å². The molecule has 0 bridgehead atoms. The second kappa shape index (κ2) is 10.0.